The molecule has 0 spiro atoms. The second-order valence-corrected chi connectivity index (χ2v) is 3.70. The van der Waals surface area contributed by atoms with Crippen LogP contribution in [0.5, 0.6) is 11.5 Å². The quantitative estimate of drug-likeness (QED) is 0.839. The SMILES string of the molecule is COc1cc(F)c(C(C)CCN)c(OC)c1. The van der Waals surface area contributed by atoms with Gasteiger partial charge in [0.1, 0.15) is 17.3 Å². The van der Waals surface area contributed by atoms with Gasteiger partial charge in [0.25, 0.3) is 0 Å². The molecule has 2 N–H and O–H groups in total. The van der Waals surface area contributed by atoms with Gasteiger partial charge in [0.2, 0.25) is 0 Å². The summed E-state index contributed by atoms with van der Waals surface area (Å²) >= 11 is 0. The van der Waals surface area contributed by atoms with E-state index in [0.717, 1.165) is 6.42 Å². The fourth-order valence-electron chi connectivity index (χ4n) is 1.73. The Labute approximate surface area is 95.4 Å². The summed E-state index contributed by atoms with van der Waals surface area (Å²) < 4.78 is 24.0. The maximum Gasteiger partial charge on any atom is 0.134 e. The molecule has 90 valence electrons. The summed E-state index contributed by atoms with van der Waals surface area (Å²) in [5.41, 5.74) is 6.04. The minimum atomic E-state index is -0.308. The van der Waals surface area contributed by atoms with Gasteiger partial charge in [0.15, 0.2) is 0 Å². The van der Waals surface area contributed by atoms with Crippen molar-refractivity contribution in [3.05, 3.63) is 23.5 Å². The number of nitrogens with two attached hydrogens (primary N) is 1. The van der Waals surface area contributed by atoms with Crippen molar-refractivity contribution in [3.8, 4) is 11.5 Å². The number of hydrogen-bond acceptors (Lipinski definition) is 3. The minimum Gasteiger partial charge on any atom is -0.497 e. The molecule has 0 amide bonds. The molecule has 1 atom stereocenters. The molecule has 1 rings (SSSR count). The molecule has 0 bridgehead atoms. The van der Waals surface area contributed by atoms with E-state index in [1.807, 2.05) is 6.92 Å². The summed E-state index contributed by atoms with van der Waals surface area (Å²) in [6.45, 7) is 2.45. The van der Waals surface area contributed by atoms with Crippen LogP contribution in [0.1, 0.15) is 24.8 Å². The lowest BCUT2D eigenvalue weighted by atomic mass is 9.96. The van der Waals surface area contributed by atoms with E-state index in [2.05, 4.69) is 0 Å². The van der Waals surface area contributed by atoms with Crippen molar-refractivity contribution in [2.45, 2.75) is 19.3 Å². The fourth-order valence-corrected chi connectivity index (χ4v) is 1.73. The second-order valence-electron chi connectivity index (χ2n) is 3.70. The van der Waals surface area contributed by atoms with Gasteiger partial charge in [0.05, 0.1) is 14.2 Å². The van der Waals surface area contributed by atoms with Gasteiger partial charge < -0.3 is 15.2 Å². The molecule has 0 aliphatic carbocycles. The zero-order valence-electron chi connectivity index (χ0n) is 9.92. The van der Waals surface area contributed by atoms with Crippen molar-refractivity contribution >= 4 is 0 Å². The molecule has 0 aliphatic rings. The molecule has 0 fully saturated rings. The molecule has 0 saturated heterocycles. The average molecular weight is 227 g/mol. The van der Waals surface area contributed by atoms with Crippen LogP contribution < -0.4 is 15.2 Å². The number of rotatable bonds is 5. The topological polar surface area (TPSA) is 44.5 Å². The van der Waals surface area contributed by atoms with Crippen LogP contribution in [0.25, 0.3) is 0 Å². The lowest BCUT2D eigenvalue weighted by Gasteiger charge is -2.16. The number of halogens is 1. The molecular formula is C12H18FNO2. The Kier molecular flexibility index (Phi) is 4.55. The maximum absolute atomic E-state index is 13.9. The smallest absolute Gasteiger partial charge is 0.134 e. The van der Waals surface area contributed by atoms with Gasteiger partial charge in [-0.3, -0.25) is 0 Å². The number of ether oxygens (including phenoxy) is 2. The van der Waals surface area contributed by atoms with Crippen molar-refractivity contribution in [2.24, 2.45) is 5.73 Å². The maximum atomic E-state index is 13.9. The summed E-state index contributed by atoms with van der Waals surface area (Å²) in [7, 11) is 3.02. The third kappa shape index (κ3) is 2.64. The molecule has 4 heteroatoms. The van der Waals surface area contributed by atoms with Crippen LogP contribution in [0.2, 0.25) is 0 Å². The van der Waals surface area contributed by atoms with E-state index >= 15 is 0 Å². The molecule has 1 aromatic rings. The van der Waals surface area contributed by atoms with Crippen LogP contribution in [0, 0.1) is 5.82 Å². The van der Waals surface area contributed by atoms with E-state index in [1.165, 1.54) is 20.3 Å². The third-order valence-electron chi connectivity index (χ3n) is 2.61. The van der Waals surface area contributed by atoms with Crippen LogP contribution in [0.15, 0.2) is 12.1 Å². The summed E-state index contributed by atoms with van der Waals surface area (Å²) in [5.74, 6) is 0.693. The van der Waals surface area contributed by atoms with E-state index in [1.54, 1.807) is 6.07 Å². The highest BCUT2D eigenvalue weighted by atomic mass is 19.1. The van der Waals surface area contributed by atoms with Crippen molar-refractivity contribution in [1.29, 1.82) is 0 Å². The summed E-state index contributed by atoms with van der Waals surface area (Å²) in [6, 6.07) is 3.05. The minimum absolute atomic E-state index is 0.0332. The van der Waals surface area contributed by atoms with E-state index in [9.17, 15) is 4.39 Å². The zero-order chi connectivity index (χ0) is 12.1. The Hall–Kier alpha value is -1.29. The van der Waals surface area contributed by atoms with Crippen molar-refractivity contribution in [1.82, 2.24) is 0 Å². The first-order valence-corrected chi connectivity index (χ1v) is 5.25. The molecule has 0 aromatic heterocycles. The van der Waals surface area contributed by atoms with Gasteiger partial charge in [-0.15, -0.1) is 0 Å². The summed E-state index contributed by atoms with van der Waals surface area (Å²) in [5, 5.41) is 0. The first-order chi connectivity index (χ1) is 7.63. The molecule has 3 nitrogen and oxygen atoms in total. The van der Waals surface area contributed by atoms with Crippen molar-refractivity contribution in [3.63, 3.8) is 0 Å². The van der Waals surface area contributed by atoms with Crippen LogP contribution in [0.4, 0.5) is 4.39 Å². The van der Waals surface area contributed by atoms with Crippen LogP contribution in [-0.4, -0.2) is 20.8 Å². The Morgan fingerprint density at radius 3 is 2.50 bits per heavy atom. The molecule has 0 saturated carbocycles. The van der Waals surface area contributed by atoms with E-state index in [-0.39, 0.29) is 11.7 Å². The zero-order valence-corrected chi connectivity index (χ0v) is 9.92. The highest BCUT2D eigenvalue weighted by Gasteiger charge is 2.17. The van der Waals surface area contributed by atoms with Gasteiger partial charge in [-0.2, -0.15) is 0 Å². The Balaban J connectivity index is 3.15. The van der Waals surface area contributed by atoms with Gasteiger partial charge in [-0.05, 0) is 18.9 Å². The number of methoxy groups -OCH3 is 2. The highest BCUT2D eigenvalue weighted by molar-refractivity contribution is 5.43. The molecule has 1 aromatic carbocycles. The summed E-state index contributed by atoms with van der Waals surface area (Å²) in [4.78, 5) is 0. The standard InChI is InChI=1S/C12H18FNO2/c1-8(4-5-14)12-10(13)6-9(15-2)7-11(12)16-3/h6-8H,4-5,14H2,1-3H3. The predicted octanol–water partition coefficient (Wildman–Crippen LogP) is 2.30. The van der Waals surface area contributed by atoms with Crippen LogP contribution in [-0.2, 0) is 0 Å². The van der Waals surface area contributed by atoms with E-state index in [4.69, 9.17) is 15.2 Å². The molecule has 0 heterocycles. The van der Waals surface area contributed by atoms with Gasteiger partial charge in [-0.25, -0.2) is 4.39 Å². The van der Waals surface area contributed by atoms with Gasteiger partial charge in [-0.1, -0.05) is 6.92 Å². The first kappa shape index (κ1) is 12.8. The predicted molar refractivity (Wildman–Crippen MR) is 61.6 cm³/mol. The monoisotopic (exact) mass is 227 g/mol. The highest BCUT2D eigenvalue weighted by Crippen LogP contribution is 2.34. The first-order valence-electron chi connectivity index (χ1n) is 5.25. The van der Waals surface area contributed by atoms with Crippen molar-refractivity contribution < 1.29 is 13.9 Å². The molecular weight excluding hydrogens is 209 g/mol. The number of benzene rings is 1. The van der Waals surface area contributed by atoms with E-state index < -0.39 is 0 Å². The summed E-state index contributed by atoms with van der Waals surface area (Å²) in [6.07, 6.45) is 0.722. The molecule has 0 aliphatic heterocycles. The fraction of sp³-hybridized carbons (Fsp3) is 0.500. The average Bonchev–Trinajstić information content (AvgIpc) is 2.27. The van der Waals surface area contributed by atoms with E-state index in [0.29, 0.717) is 23.6 Å². The van der Waals surface area contributed by atoms with Gasteiger partial charge in [0, 0.05) is 17.7 Å². The lowest BCUT2D eigenvalue weighted by molar-refractivity contribution is 0.380. The largest absolute Gasteiger partial charge is 0.497 e. The Bertz CT molecular complexity index is 355. The normalized spacial score (nSPS) is 12.3. The number of hydrogen-bond donors (Lipinski definition) is 1. The lowest BCUT2D eigenvalue weighted by Crippen LogP contribution is -2.08. The van der Waals surface area contributed by atoms with Crippen LogP contribution in [0.3, 0.4) is 0 Å². The molecule has 0 radical (unpaired) electrons. The molecule has 1 unspecified atom stereocenters. The van der Waals surface area contributed by atoms with Gasteiger partial charge >= 0.3 is 0 Å². The second kappa shape index (κ2) is 5.70. The third-order valence-corrected chi connectivity index (χ3v) is 2.61. The van der Waals surface area contributed by atoms with Crippen molar-refractivity contribution in [2.75, 3.05) is 20.8 Å². The Morgan fingerprint density at radius 1 is 1.31 bits per heavy atom. The molecule has 16 heavy (non-hydrogen) atoms. The Morgan fingerprint density at radius 2 is 2.00 bits per heavy atom. The van der Waals surface area contributed by atoms with Crippen LogP contribution >= 0.6 is 0 Å².